The van der Waals surface area contributed by atoms with Crippen molar-refractivity contribution in [1.29, 1.82) is 0 Å². The van der Waals surface area contributed by atoms with E-state index < -0.39 is 0 Å². The van der Waals surface area contributed by atoms with Crippen molar-refractivity contribution in [3.63, 3.8) is 0 Å². The van der Waals surface area contributed by atoms with Gasteiger partial charge in [0.25, 0.3) is 0 Å². The summed E-state index contributed by atoms with van der Waals surface area (Å²) in [6, 6.07) is 0. The van der Waals surface area contributed by atoms with Gasteiger partial charge in [0.2, 0.25) is 5.91 Å². The van der Waals surface area contributed by atoms with Gasteiger partial charge in [0, 0.05) is 44.7 Å². The van der Waals surface area contributed by atoms with Gasteiger partial charge in [-0.2, -0.15) is 0 Å². The van der Waals surface area contributed by atoms with Crippen molar-refractivity contribution >= 4 is 47.2 Å². The Hall–Kier alpha value is -1.16. The number of aryl methyl sites for hydroxylation is 1. The predicted molar refractivity (Wildman–Crippen MR) is 103 cm³/mol. The van der Waals surface area contributed by atoms with Crippen LogP contribution in [0, 0.1) is 6.92 Å². The molecule has 0 atom stereocenters. The van der Waals surface area contributed by atoms with E-state index in [1.165, 1.54) is 9.78 Å². The largest absolute Gasteiger partial charge is 0.356 e. The minimum absolute atomic E-state index is 0. The maximum absolute atomic E-state index is 11.6. The van der Waals surface area contributed by atoms with Crippen molar-refractivity contribution in [3.8, 4) is 0 Å². The molecule has 0 bridgehead atoms. The summed E-state index contributed by atoms with van der Waals surface area (Å²) in [4.78, 5) is 22.9. The summed E-state index contributed by atoms with van der Waals surface area (Å²) >= 11 is 1.69. The zero-order valence-corrected chi connectivity index (χ0v) is 16.4. The lowest BCUT2D eigenvalue weighted by Crippen LogP contribution is -2.39. The van der Waals surface area contributed by atoms with Gasteiger partial charge in [0.15, 0.2) is 5.96 Å². The van der Waals surface area contributed by atoms with E-state index in [0.717, 1.165) is 11.4 Å². The van der Waals surface area contributed by atoms with Crippen molar-refractivity contribution < 1.29 is 4.79 Å². The number of likely N-dealkylation sites (N-methyl/N-ethyl adjacent to an activating group) is 1. The van der Waals surface area contributed by atoms with E-state index >= 15 is 0 Å². The van der Waals surface area contributed by atoms with Crippen LogP contribution in [-0.4, -0.2) is 55.5 Å². The van der Waals surface area contributed by atoms with Gasteiger partial charge in [0.05, 0.1) is 5.01 Å². The van der Waals surface area contributed by atoms with Gasteiger partial charge in [-0.1, -0.05) is 6.08 Å². The Morgan fingerprint density at radius 3 is 2.77 bits per heavy atom. The zero-order chi connectivity index (χ0) is 15.7. The van der Waals surface area contributed by atoms with Crippen LogP contribution in [0.3, 0.4) is 0 Å². The second-order valence-electron chi connectivity index (χ2n) is 4.66. The molecule has 0 spiro atoms. The molecule has 1 amide bonds. The third-order valence-corrected chi connectivity index (χ3v) is 3.56. The number of hydrogen-bond donors (Lipinski definition) is 2. The summed E-state index contributed by atoms with van der Waals surface area (Å²) in [5.74, 6) is 0.573. The lowest BCUT2D eigenvalue weighted by atomic mass is 10.4. The number of thiazole rings is 1. The van der Waals surface area contributed by atoms with Crippen molar-refractivity contribution in [1.82, 2.24) is 20.5 Å². The highest BCUT2D eigenvalue weighted by Crippen LogP contribution is 2.10. The summed E-state index contributed by atoms with van der Waals surface area (Å²) in [6.45, 7) is 7.13. The van der Waals surface area contributed by atoms with Crippen LogP contribution in [0.2, 0.25) is 0 Å². The second-order valence-corrected chi connectivity index (χ2v) is 5.98. The Labute approximate surface area is 153 Å². The average molecular weight is 437 g/mol. The van der Waals surface area contributed by atoms with E-state index in [2.05, 4.69) is 27.2 Å². The van der Waals surface area contributed by atoms with E-state index in [1.807, 2.05) is 13.1 Å². The number of guanidine groups is 1. The Kier molecular flexibility index (Phi) is 10.8. The van der Waals surface area contributed by atoms with Crippen LogP contribution >= 0.6 is 35.3 Å². The maximum Gasteiger partial charge on any atom is 0.243 e. The predicted octanol–water partition coefficient (Wildman–Crippen LogP) is 1.42. The van der Waals surface area contributed by atoms with Gasteiger partial charge in [-0.05, 0) is 6.92 Å². The number of hydrogen-bond acceptors (Lipinski definition) is 4. The van der Waals surface area contributed by atoms with Gasteiger partial charge in [0.1, 0.15) is 6.54 Å². The van der Waals surface area contributed by atoms with Crippen molar-refractivity contribution in [2.24, 2.45) is 4.99 Å². The smallest absolute Gasteiger partial charge is 0.243 e. The lowest BCUT2D eigenvalue weighted by Gasteiger charge is -2.12. The molecule has 124 valence electrons. The minimum Gasteiger partial charge on any atom is -0.356 e. The third kappa shape index (κ3) is 8.32. The topological polar surface area (TPSA) is 69.6 Å². The highest BCUT2D eigenvalue weighted by atomic mass is 127. The molecule has 0 aliphatic heterocycles. The van der Waals surface area contributed by atoms with Crippen LogP contribution in [0.25, 0.3) is 0 Å². The molecular formula is C14H24IN5OS. The molecule has 0 saturated carbocycles. The highest BCUT2D eigenvalue weighted by molar-refractivity contribution is 14.0. The number of carbonyl (C=O) groups is 1. The molecule has 2 N–H and O–H groups in total. The fourth-order valence-corrected chi connectivity index (χ4v) is 2.22. The molecule has 0 unspecified atom stereocenters. The van der Waals surface area contributed by atoms with Gasteiger partial charge in [-0.25, -0.2) is 9.98 Å². The van der Waals surface area contributed by atoms with E-state index in [9.17, 15) is 4.79 Å². The Morgan fingerprint density at radius 2 is 2.23 bits per heavy atom. The summed E-state index contributed by atoms with van der Waals surface area (Å²) < 4.78 is 0. The van der Waals surface area contributed by atoms with E-state index in [0.29, 0.717) is 19.0 Å². The number of amides is 1. The highest BCUT2D eigenvalue weighted by Gasteiger charge is 2.04. The number of rotatable bonds is 7. The fourth-order valence-electron chi connectivity index (χ4n) is 1.44. The van der Waals surface area contributed by atoms with Crippen LogP contribution < -0.4 is 10.6 Å². The fraction of sp³-hybridized carbons (Fsp3) is 0.500. The van der Waals surface area contributed by atoms with E-state index in [1.54, 1.807) is 31.5 Å². The molecule has 22 heavy (non-hydrogen) atoms. The molecule has 0 aliphatic rings. The van der Waals surface area contributed by atoms with Crippen LogP contribution in [0.15, 0.2) is 23.8 Å². The Bertz CT molecular complexity index is 501. The number of nitrogens with one attached hydrogen (secondary N) is 2. The number of aromatic nitrogens is 1. The summed E-state index contributed by atoms with van der Waals surface area (Å²) in [7, 11) is 3.43. The molecule has 6 nitrogen and oxygen atoms in total. The van der Waals surface area contributed by atoms with Crippen LogP contribution in [0.4, 0.5) is 0 Å². The molecule has 1 aromatic rings. The summed E-state index contributed by atoms with van der Waals surface area (Å²) in [5.41, 5.74) is 0. The molecule has 1 aromatic heterocycles. The minimum atomic E-state index is -0.0368. The summed E-state index contributed by atoms with van der Waals surface area (Å²) in [6.07, 6.45) is 4.45. The SMILES string of the molecule is C=CCNC(=NCC(=O)N(C)C)NCCc1ncc(C)s1.I. The number of halogens is 1. The molecule has 1 heterocycles. The van der Waals surface area contributed by atoms with Crippen molar-refractivity contribution in [3.05, 3.63) is 28.7 Å². The Morgan fingerprint density at radius 1 is 1.50 bits per heavy atom. The molecule has 0 radical (unpaired) electrons. The van der Waals surface area contributed by atoms with E-state index in [-0.39, 0.29) is 36.4 Å². The maximum atomic E-state index is 11.6. The molecule has 0 aromatic carbocycles. The van der Waals surface area contributed by atoms with Crippen LogP contribution in [0.1, 0.15) is 9.88 Å². The normalized spacial score (nSPS) is 10.6. The monoisotopic (exact) mass is 437 g/mol. The third-order valence-electron chi connectivity index (χ3n) is 2.59. The average Bonchev–Trinajstić information content (AvgIpc) is 2.86. The van der Waals surface area contributed by atoms with E-state index in [4.69, 9.17) is 0 Å². The summed E-state index contributed by atoms with van der Waals surface area (Å²) in [5, 5.41) is 7.37. The molecule has 0 saturated heterocycles. The van der Waals surface area contributed by atoms with Crippen LogP contribution in [0.5, 0.6) is 0 Å². The lowest BCUT2D eigenvalue weighted by molar-refractivity contribution is -0.127. The van der Waals surface area contributed by atoms with Crippen molar-refractivity contribution in [2.75, 3.05) is 33.7 Å². The first-order chi connectivity index (χ1) is 10.0. The molecule has 0 fully saturated rings. The first-order valence-electron chi connectivity index (χ1n) is 6.77. The quantitative estimate of drug-likeness (QED) is 0.293. The number of aliphatic imine (C=N–C) groups is 1. The second kappa shape index (κ2) is 11.4. The molecule has 8 heteroatoms. The van der Waals surface area contributed by atoms with Gasteiger partial charge < -0.3 is 15.5 Å². The first-order valence-corrected chi connectivity index (χ1v) is 7.59. The van der Waals surface area contributed by atoms with Gasteiger partial charge >= 0.3 is 0 Å². The number of nitrogens with zero attached hydrogens (tertiary/aromatic N) is 3. The Balaban J connectivity index is 0.00000441. The first kappa shape index (κ1) is 20.8. The molecule has 1 rings (SSSR count). The molecule has 0 aliphatic carbocycles. The van der Waals surface area contributed by atoms with Crippen LogP contribution in [-0.2, 0) is 11.2 Å². The van der Waals surface area contributed by atoms with Gasteiger partial charge in [-0.15, -0.1) is 41.9 Å². The standard InChI is InChI=1S/C14H23N5OS.HI/c1-5-7-15-14(18-10-13(20)19(3)4)16-8-6-12-17-9-11(2)21-12;/h5,9H,1,6-8,10H2,2-4H3,(H2,15,16,18);1H. The number of carbonyl (C=O) groups excluding carboxylic acids is 1. The van der Waals surface area contributed by atoms with Gasteiger partial charge in [-0.3, -0.25) is 4.79 Å². The molecular weight excluding hydrogens is 413 g/mol. The van der Waals surface area contributed by atoms with Crippen molar-refractivity contribution in [2.45, 2.75) is 13.3 Å². The zero-order valence-electron chi connectivity index (χ0n) is 13.3.